The number of nitrogens with one attached hydrogen (secondary N) is 1. The van der Waals surface area contributed by atoms with Crippen molar-refractivity contribution in [3.05, 3.63) is 29.6 Å². The quantitative estimate of drug-likeness (QED) is 0.862. The summed E-state index contributed by atoms with van der Waals surface area (Å²) in [6, 6.07) is 5.26. The van der Waals surface area contributed by atoms with Crippen LogP contribution in [0.4, 0.5) is 10.1 Å². The van der Waals surface area contributed by atoms with Gasteiger partial charge in [0.25, 0.3) is 0 Å². The van der Waals surface area contributed by atoms with Crippen LogP contribution in [0.25, 0.3) is 0 Å². The number of para-hydroxylation sites is 1. The molecule has 5 heteroatoms. The Balaban J connectivity index is 2.05. The number of nitrogens with zero attached hydrogens (tertiary/aromatic N) is 2. The van der Waals surface area contributed by atoms with Gasteiger partial charge < -0.3 is 15.3 Å². The third-order valence-corrected chi connectivity index (χ3v) is 3.74. The normalized spacial score (nSPS) is 17.3. The first-order valence-electron chi connectivity index (χ1n) is 7.52. The number of rotatable bonds is 5. The van der Waals surface area contributed by atoms with Gasteiger partial charge in [-0.15, -0.1) is 0 Å². The van der Waals surface area contributed by atoms with E-state index in [4.69, 9.17) is 0 Å². The zero-order valence-electron chi connectivity index (χ0n) is 13.2. The van der Waals surface area contributed by atoms with Crippen LogP contribution in [-0.4, -0.2) is 55.4 Å². The molecule has 21 heavy (non-hydrogen) atoms. The molecule has 0 amide bonds. The summed E-state index contributed by atoms with van der Waals surface area (Å²) in [4.78, 5) is 4.35. The lowest BCUT2D eigenvalue weighted by molar-refractivity contribution is 0.0344. The van der Waals surface area contributed by atoms with E-state index < -0.39 is 5.60 Å². The molecule has 2 N–H and O–H groups in total. The molecular weight excluding hydrogens is 269 g/mol. The van der Waals surface area contributed by atoms with Gasteiger partial charge in [0.15, 0.2) is 0 Å². The van der Waals surface area contributed by atoms with Gasteiger partial charge in [-0.05, 0) is 32.5 Å². The molecular formula is C16H26FN3O. The van der Waals surface area contributed by atoms with Crippen LogP contribution in [0.15, 0.2) is 18.2 Å². The standard InChI is InChI=1S/C16H26FN3O/c1-16(2,21)12-19-7-9-20(10-8-19)15-13(11-18-3)5-4-6-14(15)17/h4-6,18,21H,7-12H2,1-3H3. The van der Waals surface area contributed by atoms with Gasteiger partial charge in [-0.25, -0.2) is 4.39 Å². The van der Waals surface area contributed by atoms with Crippen molar-refractivity contribution in [1.29, 1.82) is 0 Å². The number of aliphatic hydroxyl groups is 1. The zero-order chi connectivity index (χ0) is 15.5. The molecule has 1 aliphatic rings. The molecule has 118 valence electrons. The second kappa shape index (κ2) is 6.73. The van der Waals surface area contributed by atoms with E-state index in [9.17, 15) is 9.50 Å². The number of hydrogen-bond acceptors (Lipinski definition) is 4. The van der Waals surface area contributed by atoms with E-state index in [1.807, 2.05) is 27.0 Å². The summed E-state index contributed by atoms with van der Waals surface area (Å²) < 4.78 is 14.2. The Hall–Kier alpha value is -1.17. The second-order valence-electron chi connectivity index (χ2n) is 6.35. The van der Waals surface area contributed by atoms with Gasteiger partial charge in [-0.1, -0.05) is 12.1 Å². The Morgan fingerprint density at radius 3 is 2.48 bits per heavy atom. The van der Waals surface area contributed by atoms with Gasteiger partial charge in [-0.2, -0.15) is 0 Å². The van der Waals surface area contributed by atoms with E-state index in [0.717, 1.165) is 37.4 Å². The van der Waals surface area contributed by atoms with Crippen LogP contribution in [0.3, 0.4) is 0 Å². The molecule has 1 aromatic carbocycles. The number of benzene rings is 1. The Bertz CT molecular complexity index is 465. The van der Waals surface area contributed by atoms with Crippen LogP contribution in [0, 0.1) is 5.82 Å². The minimum Gasteiger partial charge on any atom is -0.389 e. The number of hydrogen-bond donors (Lipinski definition) is 2. The summed E-state index contributed by atoms with van der Waals surface area (Å²) in [5.41, 5.74) is 1.03. The van der Waals surface area contributed by atoms with Crippen LogP contribution in [0.1, 0.15) is 19.4 Å². The van der Waals surface area contributed by atoms with E-state index in [2.05, 4.69) is 15.1 Å². The van der Waals surface area contributed by atoms with Crippen molar-refractivity contribution < 1.29 is 9.50 Å². The summed E-state index contributed by atoms with van der Waals surface area (Å²) in [5, 5.41) is 13.0. The highest BCUT2D eigenvalue weighted by Crippen LogP contribution is 2.26. The Labute approximate surface area is 126 Å². The molecule has 1 heterocycles. The van der Waals surface area contributed by atoms with Gasteiger partial charge >= 0.3 is 0 Å². The highest BCUT2D eigenvalue weighted by Gasteiger charge is 2.25. The van der Waals surface area contributed by atoms with Crippen LogP contribution in [0.5, 0.6) is 0 Å². The number of halogens is 1. The van der Waals surface area contributed by atoms with Crippen LogP contribution in [0.2, 0.25) is 0 Å². The smallest absolute Gasteiger partial charge is 0.146 e. The van der Waals surface area contributed by atoms with Crippen molar-refractivity contribution in [3.8, 4) is 0 Å². The number of β-amino-alcohol motifs (C(OH)–C–C–N with tert-alkyl or cyclic N) is 1. The first-order valence-corrected chi connectivity index (χ1v) is 7.52. The highest BCUT2D eigenvalue weighted by molar-refractivity contribution is 5.55. The summed E-state index contributed by atoms with van der Waals surface area (Å²) in [5.74, 6) is -0.154. The molecule has 0 aromatic heterocycles. The van der Waals surface area contributed by atoms with Crippen LogP contribution >= 0.6 is 0 Å². The number of anilines is 1. The van der Waals surface area contributed by atoms with Gasteiger partial charge in [0.2, 0.25) is 0 Å². The maximum Gasteiger partial charge on any atom is 0.146 e. The van der Waals surface area contributed by atoms with Crippen molar-refractivity contribution >= 4 is 5.69 Å². The Morgan fingerprint density at radius 1 is 1.24 bits per heavy atom. The van der Waals surface area contributed by atoms with Gasteiger partial charge in [0, 0.05) is 39.3 Å². The Morgan fingerprint density at radius 2 is 1.90 bits per heavy atom. The SMILES string of the molecule is CNCc1cccc(F)c1N1CCN(CC(C)(C)O)CC1. The summed E-state index contributed by atoms with van der Waals surface area (Å²) in [7, 11) is 1.87. The topological polar surface area (TPSA) is 38.7 Å². The molecule has 0 unspecified atom stereocenters. The number of piperazine rings is 1. The van der Waals surface area contributed by atoms with E-state index in [1.54, 1.807) is 6.07 Å². The van der Waals surface area contributed by atoms with Gasteiger partial charge in [-0.3, -0.25) is 4.90 Å². The third-order valence-electron chi connectivity index (χ3n) is 3.74. The molecule has 0 saturated carbocycles. The fraction of sp³-hybridized carbons (Fsp3) is 0.625. The van der Waals surface area contributed by atoms with Gasteiger partial charge in [0.1, 0.15) is 5.82 Å². The lowest BCUT2D eigenvalue weighted by Crippen LogP contribution is -2.51. The van der Waals surface area contributed by atoms with Crippen molar-refractivity contribution in [2.45, 2.75) is 26.0 Å². The fourth-order valence-corrected chi connectivity index (χ4v) is 2.92. The van der Waals surface area contributed by atoms with E-state index >= 15 is 0 Å². The van der Waals surface area contributed by atoms with E-state index in [-0.39, 0.29) is 5.82 Å². The van der Waals surface area contributed by atoms with Gasteiger partial charge in [0.05, 0.1) is 11.3 Å². The predicted octanol–water partition coefficient (Wildman–Crippen LogP) is 1.44. The largest absolute Gasteiger partial charge is 0.389 e. The molecule has 1 aromatic rings. The summed E-state index contributed by atoms with van der Waals surface area (Å²) in [6.45, 7) is 8.22. The van der Waals surface area contributed by atoms with Crippen molar-refractivity contribution in [3.63, 3.8) is 0 Å². The highest BCUT2D eigenvalue weighted by atomic mass is 19.1. The molecule has 2 rings (SSSR count). The second-order valence-corrected chi connectivity index (χ2v) is 6.35. The van der Waals surface area contributed by atoms with E-state index in [1.165, 1.54) is 6.07 Å². The first-order chi connectivity index (χ1) is 9.90. The van der Waals surface area contributed by atoms with Crippen molar-refractivity contribution in [1.82, 2.24) is 10.2 Å². The molecule has 1 saturated heterocycles. The molecule has 1 aliphatic heterocycles. The molecule has 1 fully saturated rings. The average Bonchev–Trinajstić information content (AvgIpc) is 2.39. The summed E-state index contributed by atoms with van der Waals surface area (Å²) >= 11 is 0. The summed E-state index contributed by atoms with van der Waals surface area (Å²) in [6.07, 6.45) is 0. The van der Waals surface area contributed by atoms with Crippen molar-refractivity contribution in [2.24, 2.45) is 0 Å². The maximum absolute atomic E-state index is 14.2. The third kappa shape index (κ3) is 4.40. The van der Waals surface area contributed by atoms with E-state index in [0.29, 0.717) is 13.1 Å². The van der Waals surface area contributed by atoms with Crippen LogP contribution < -0.4 is 10.2 Å². The molecule has 0 atom stereocenters. The molecule has 0 bridgehead atoms. The fourth-order valence-electron chi connectivity index (χ4n) is 2.92. The monoisotopic (exact) mass is 295 g/mol. The molecule has 4 nitrogen and oxygen atoms in total. The maximum atomic E-state index is 14.2. The molecule has 0 spiro atoms. The average molecular weight is 295 g/mol. The van der Waals surface area contributed by atoms with Crippen molar-refractivity contribution in [2.75, 3.05) is 44.7 Å². The molecule has 0 aliphatic carbocycles. The Kier molecular flexibility index (Phi) is 5.19. The molecule has 0 radical (unpaired) electrons. The predicted molar refractivity (Wildman–Crippen MR) is 84.1 cm³/mol. The zero-order valence-corrected chi connectivity index (χ0v) is 13.2. The first kappa shape index (κ1) is 16.2. The minimum absolute atomic E-state index is 0.154. The lowest BCUT2D eigenvalue weighted by atomic mass is 10.1. The minimum atomic E-state index is -0.683. The lowest BCUT2D eigenvalue weighted by Gasteiger charge is -2.39. The van der Waals surface area contributed by atoms with Crippen LogP contribution in [-0.2, 0) is 6.54 Å².